The van der Waals surface area contributed by atoms with E-state index in [9.17, 15) is 4.79 Å². The summed E-state index contributed by atoms with van der Waals surface area (Å²) in [6.45, 7) is 2.65. The molecule has 0 radical (unpaired) electrons. The van der Waals surface area contributed by atoms with Crippen LogP contribution in [0.1, 0.15) is 17.4 Å². The lowest BCUT2D eigenvalue weighted by Crippen LogP contribution is -2.26. The van der Waals surface area contributed by atoms with Crippen molar-refractivity contribution in [3.8, 4) is 9.88 Å². The Morgan fingerprint density at radius 2 is 2.31 bits per heavy atom. The van der Waals surface area contributed by atoms with Crippen LogP contribution in [0.25, 0.3) is 9.88 Å². The highest BCUT2D eigenvalue weighted by atomic mass is 32.1. The molecule has 5 heteroatoms. The lowest BCUT2D eigenvalue weighted by atomic mass is 10.4. The molecular formula is C11H12N2OS2. The zero-order valence-corrected chi connectivity index (χ0v) is 10.8. The summed E-state index contributed by atoms with van der Waals surface area (Å²) < 4.78 is 0. The van der Waals surface area contributed by atoms with E-state index in [2.05, 4.69) is 4.98 Å². The highest BCUT2D eigenvalue weighted by Crippen LogP contribution is 2.27. The number of carbonyl (C=O) groups is 1. The predicted molar refractivity (Wildman–Crippen MR) is 68.1 cm³/mol. The van der Waals surface area contributed by atoms with Crippen molar-refractivity contribution in [2.45, 2.75) is 6.92 Å². The van der Waals surface area contributed by atoms with Crippen LogP contribution in [0.15, 0.2) is 22.9 Å². The zero-order valence-electron chi connectivity index (χ0n) is 9.14. The first-order chi connectivity index (χ1) is 7.72. The fourth-order valence-electron chi connectivity index (χ4n) is 1.22. The number of nitrogens with zero attached hydrogens (tertiary/aromatic N) is 2. The van der Waals surface area contributed by atoms with Gasteiger partial charge in [0.25, 0.3) is 5.91 Å². The number of thiazole rings is 1. The van der Waals surface area contributed by atoms with Gasteiger partial charge in [-0.15, -0.1) is 22.7 Å². The average Bonchev–Trinajstić information content (AvgIpc) is 2.96. The molecule has 3 nitrogen and oxygen atoms in total. The van der Waals surface area contributed by atoms with Crippen LogP contribution >= 0.6 is 22.7 Å². The summed E-state index contributed by atoms with van der Waals surface area (Å²) >= 11 is 3.15. The second-order valence-electron chi connectivity index (χ2n) is 3.33. The number of hydrogen-bond acceptors (Lipinski definition) is 4. The quantitative estimate of drug-likeness (QED) is 0.841. The van der Waals surface area contributed by atoms with Crippen molar-refractivity contribution in [3.05, 3.63) is 28.6 Å². The minimum Gasteiger partial charge on any atom is -0.341 e. The molecule has 0 bridgehead atoms. The largest absolute Gasteiger partial charge is 0.341 e. The van der Waals surface area contributed by atoms with Gasteiger partial charge in [0.1, 0.15) is 10.7 Å². The normalized spacial score (nSPS) is 10.4. The molecular weight excluding hydrogens is 240 g/mol. The van der Waals surface area contributed by atoms with Crippen molar-refractivity contribution in [1.29, 1.82) is 0 Å². The maximum absolute atomic E-state index is 11.8. The molecule has 2 aromatic rings. The van der Waals surface area contributed by atoms with Crippen LogP contribution in [0.3, 0.4) is 0 Å². The fraction of sp³-hybridized carbons (Fsp3) is 0.273. The van der Waals surface area contributed by atoms with E-state index in [1.807, 2.05) is 29.8 Å². The molecule has 0 aliphatic carbocycles. The van der Waals surface area contributed by atoms with Crippen LogP contribution in [-0.4, -0.2) is 29.4 Å². The van der Waals surface area contributed by atoms with E-state index in [1.165, 1.54) is 11.3 Å². The number of thiophene rings is 1. The molecule has 0 saturated carbocycles. The maximum Gasteiger partial charge on any atom is 0.273 e. The Morgan fingerprint density at radius 3 is 2.94 bits per heavy atom. The van der Waals surface area contributed by atoms with Gasteiger partial charge in [-0.3, -0.25) is 4.79 Å². The van der Waals surface area contributed by atoms with Gasteiger partial charge < -0.3 is 4.90 Å². The van der Waals surface area contributed by atoms with Gasteiger partial charge in [0, 0.05) is 19.0 Å². The molecule has 84 valence electrons. The van der Waals surface area contributed by atoms with Gasteiger partial charge in [-0.2, -0.15) is 0 Å². The van der Waals surface area contributed by atoms with Crippen molar-refractivity contribution in [2.24, 2.45) is 0 Å². The smallest absolute Gasteiger partial charge is 0.273 e. The van der Waals surface area contributed by atoms with Gasteiger partial charge in [0.2, 0.25) is 0 Å². The second-order valence-corrected chi connectivity index (χ2v) is 5.14. The molecule has 0 atom stereocenters. The van der Waals surface area contributed by atoms with E-state index < -0.39 is 0 Å². The summed E-state index contributed by atoms with van der Waals surface area (Å²) in [5.41, 5.74) is 0.540. The molecule has 0 spiro atoms. The lowest BCUT2D eigenvalue weighted by molar-refractivity contribution is 0.0797. The van der Waals surface area contributed by atoms with Crippen LogP contribution in [0, 0.1) is 0 Å². The van der Waals surface area contributed by atoms with Gasteiger partial charge in [-0.25, -0.2) is 4.98 Å². The number of aromatic nitrogens is 1. The molecule has 0 aromatic carbocycles. The van der Waals surface area contributed by atoms with Gasteiger partial charge in [0.05, 0.1) is 4.88 Å². The summed E-state index contributed by atoms with van der Waals surface area (Å²) in [6, 6.07) is 4.00. The summed E-state index contributed by atoms with van der Waals surface area (Å²) in [5.74, 6) is -0.0124. The van der Waals surface area contributed by atoms with Crippen LogP contribution in [0.2, 0.25) is 0 Å². The summed E-state index contributed by atoms with van der Waals surface area (Å²) in [6.07, 6.45) is 0. The monoisotopic (exact) mass is 252 g/mol. The van der Waals surface area contributed by atoms with Gasteiger partial charge in [-0.05, 0) is 18.4 Å². The molecule has 1 amide bonds. The van der Waals surface area contributed by atoms with Crippen molar-refractivity contribution in [2.75, 3.05) is 13.6 Å². The van der Waals surface area contributed by atoms with Gasteiger partial charge in [-0.1, -0.05) is 6.07 Å². The van der Waals surface area contributed by atoms with Crippen molar-refractivity contribution in [3.63, 3.8) is 0 Å². The minimum atomic E-state index is -0.0124. The Kier molecular flexibility index (Phi) is 3.36. The Hall–Kier alpha value is -1.20. The third-order valence-corrected chi connectivity index (χ3v) is 4.16. The van der Waals surface area contributed by atoms with E-state index in [0.29, 0.717) is 12.2 Å². The standard InChI is InChI=1S/C11H12N2OS2/c1-3-13(2)11(14)8-7-16-10(12-8)9-5-4-6-15-9/h4-7H,3H2,1-2H3. The summed E-state index contributed by atoms with van der Waals surface area (Å²) in [4.78, 5) is 19.0. The Labute approximate surface area is 102 Å². The topological polar surface area (TPSA) is 33.2 Å². The van der Waals surface area contributed by atoms with E-state index in [-0.39, 0.29) is 5.91 Å². The van der Waals surface area contributed by atoms with Crippen molar-refractivity contribution in [1.82, 2.24) is 9.88 Å². The third-order valence-electron chi connectivity index (χ3n) is 2.28. The molecule has 0 N–H and O–H groups in total. The van der Waals surface area contributed by atoms with Crippen molar-refractivity contribution < 1.29 is 4.79 Å². The third kappa shape index (κ3) is 2.15. The molecule has 2 aromatic heterocycles. The summed E-state index contributed by atoms with van der Waals surface area (Å²) in [7, 11) is 1.78. The van der Waals surface area contributed by atoms with Crippen LogP contribution < -0.4 is 0 Å². The van der Waals surface area contributed by atoms with Crippen molar-refractivity contribution >= 4 is 28.6 Å². The van der Waals surface area contributed by atoms with E-state index in [1.54, 1.807) is 23.3 Å². The molecule has 2 heterocycles. The Bertz CT molecular complexity index is 476. The minimum absolute atomic E-state index is 0.0124. The molecule has 2 rings (SSSR count). The maximum atomic E-state index is 11.8. The van der Waals surface area contributed by atoms with E-state index in [4.69, 9.17) is 0 Å². The lowest BCUT2D eigenvalue weighted by Gasteiger charge is -2.11. The number of amides is 1. The Balaban J connectivity index is 2.23. The predicted octanol–water partition coefficient (Wildman–Crippen LogP) is 2.96. The molecule has 0 aliphatic rings. The first-order valence-electron chi connectivity index (χ1n) is 4.97. The second kappa shape index (κ2) is 4.76. The first kappa shape index (κ1) is 11.3. The number of hydrogen-bond donors (Lipinski definition) is 0. The summed E-state index contributed by atoms with van der Waals surface area (Å²) in [5, 5.41) is 4.75. The molecule has 0 aliphatic heterocycles. The van der Waals surface area contributed by atoms with Crippen LogP contribution in [0.5, 0.6) is 0 Å². The Morgan fingerprint density at radius 1 is 1.50 bits per heavy atom. The molecule has 0 unspecified atom stereocenters. The first-order valence-corrected chi connectivity index (χ1v) is 6.73. The average molecular weight is 252 g/mol. The van der Waals surface area contributed by atoms with E-state index in [0.717, 1.165) is 9.88 Å². The van der Waals surface area contributed by atoms with Crippen LogP contribution in [-0.2, 0) is 0 Å². The highest BCUT2D eigenvalue weighted by Gasteiger charge is 2.14. The molecule has 16 heavy (non-hydrogen) atoms. The molecule has 0 fully saturated rings. The van der Waals surface area contributed by atoms with Crippen LogP contribution in [0.4, 0.5) is 0 Å². The zero-order chi connectivity index (χ0) is 11.5. The van der Waals surface area contributed by atoms with Gasteiger partial charge in [0.15, 0.2) is 0 Å². The van der Waals surface area contributed by atoms with E-state index >= 15 is 0 Å². The molecule has 0 saturated heterocycles. The van der Waals surface area contributed by atoms with Gasteiger partial charge >= 0.3 is 0 Å². The SMILES string of the molecule is CCN(C)C(=O)c1csc(-c2cccs2)n1. The highest BCUT2D eigenvalue weighted by molar-refractivity contribution is 7.20. The fourth-order valence-corrected chi connectivity index (χ4v) is 2.83. The number of carbonyl (C=O) groups excluding carboxylic acids is 1. The number of rotatable bonds is 3.